The number of carbonyl (C=O) groups is 2. The summed E-state index contributed by atoms with van der Waals surface area (Å²) in [5.41, 5.74) is 1.20. The second-order valence-electron chi connectivity index (χ2n) is 6.44. The Morgan fingerprint density at radius 2 is 1.96 bits per heavy atom. The molecule has 1 saturated heterocycles. The zero-order chi connectivity index (χ0) is 16.9. The molecule has 3 rings (SSSR count). The van der Waals surface area contributed by atoms with Gasteiger partial charge in [0.05, 0.1) is 5.69 Å². The van der Waals surface area contributed by atoms with Crippen molar-refractivity contribution in [2.75, 3.05) is 44.7 Å². The Balaban J connectivity index is 1.56. The average molecular weight is 331 g/mol. The summed E-state index contributed by atoms with van der Waals surface area (Å²) in [6.07, 6.45) is 5.12. The van der Waals surface area contributed by atoms with Gasteiger partial charge in [0.25, 0.3) is 11.8 Å². The lowest BCUT2D eigenvalue weighted by molar-refractivity contribution is -0.120. The number of nitrogens with one attached hydrogen (secondary N) is 1. The van der Waals surface area contributed by atoms with E-state index in [2.05, 4.69) is 10.2 Å². The molecule has 130 valence electrons. The first-order valence-electron chi connectivity index (χ1n) is 8.69. The van der Waals surface area contributed by atoms with Crippen LogP contribution in [0.1, 0.15) is 36.0 Å². The van der Waals surface area contributed by atoms with Gasteiger partial charge in [-0.05, 0) is 44.1 Å². The fourth-order valence-electron chi connectivity index (χ4n) is 3.20. The lowest BCUT2D eigenvalue weighted by Gasteiger charge is -2.26. The van der Waals surface area contributed by atoms with Crippen molar-refractivity contribution in [3.8, 4) is 5.75 Å². The molecule has 0 bridgehead atoms. The number of carbonyl (C=O) groups excluding carboxylic acids is 2. The van der Waals surface area contributed by atoms with Crippen molar-refractivity contribution in [1.29, 1.82) is 0 Å². The highest BCUT2D eigenvalue weighted by Gasteiger charge is 2.23. The van der Waals surface area contributed by atoms with Gasteiger partial charge in [0.1, 0.15) is 5.75 Å². The maximum Gasteiger partial charge on any atom is 0.264 e. The molecule has 0 saturated carbocycles. The number of ether oxygens (including phenoxy) is 1. The van der Waals surface area contributed by atoms with E-state index in [4.69, 9.17) is 4.74 Å². The van der Waals surface area contributed by atoms with Crippen LogP contribution in [0.5, 0.6) is 5.75 Å². The van der Waals surface area contributed by atoms with Crippen LogP contribution in [0.2, 0.25) is 0 Å². The first-order valence-corrected chi connectivity index (χ1v) is 8.69. The van der Waals surface area contributed by atoms with Crippen molar-refractivity contribution in [1.82, 2.24) is 10.2 Å². The third-order valence-corrected chi connectivity index (χ3v) is 4.72. The summed E-state index contributed by atoms with van der Waals surface area (Å²) in [6, 6.07) is 5.21. The third kappa shape index (κ3) is 3.87. The molecule has 24 heavy (non-hydrogen) atoms. The fraction of sp³-hybridized carbons (Fsp3) is 0.556. The largest absolute Gasteiger partial charge is 0.482 e. The Bertz CT molecular complexity index is 610. The number of rotatable bonds is 4. The Morgan fingerprint density at radius 1 is 1.21 bits per heavy atom. The molecular weight excluding hydrogens is 306 g/mol. The molecule has 2 amide bonds. The Morgan fingerprint density at radius 3 is 2.71 bits per heavy atom. The van der Waals surface area contributed by atoms with Gasteiger partial charge in [-0.25, -0.2) is 0 Å². The normalized spacial score (nSPS) is 18.5. The summed E-state index contributed by atoms with van der Waals surface area (Å²) in [5, 5.41) is 2.97. The zero-order valence-corrected chi connectivity index (χ0v) is 14.2. The molecule has 1 N–H and O–H groups in total. The molecular formula is C18H25N3O3. The number of anilines is 1. The molecule has 1 fully saturated rings. The minimum Gasteiger partial charge on any atom is -0.482 e. The van der Waals surface area contributed by atoms with Gasteiger partial charge in [-0.3, -0.25) is 9.59 Å². The standard InChI is InChI=1S/C18H25N3O3/c1-20-15-12-14(6-7-16(15)24-13-17(20)22)18(23)19-8-11-21-9-4-2-3-5-10-21/h6-7,12H,2-5,8-11,13H2,1H3,(H,19,23). The molecule has 0 radical (unpaired) electrons. The van der Waals surface area contributed by atoms with Crippen LogP contribution < -0.4 is 15.0 Å². The fourth-order valence-corrected chi connectivity index (χ4v) is 3.20. The first kappa shape index (κ1) is 16.8. The molecule has 2 heterocycles. The lowest BCUT2D eigenvalue weighted by atomic mass is 10.1. The smallest absolute Gasteiger partial charge is 0.264 e. The summed E-state index contributed by atoms with van der Waals surface area (Å²) in [4.78, 5) is 28.0. The Hall–Kier alpha value is -2.08. The van der Waals surface area contributed by atoms with E-state index >= 15 is 0 Å². The monoisotopic (exact) mass is 331 g/mol. The molecule has 6 nitrogen and oxygen atoms in total. The van der Waals surface area contributed by atoms with Crippen LogP contribution in [-0.4, -0.2) is 56.5 Å². The summed E-state index contributed by atoms with van der Waals surface area (Å²) >= 11 is 0. The van der Waals surface area contributed by atoms with Crippen molar-refractivity contribution in [3.63, 3.8) is 0 Å². The van der Waals surface area contributed by atoms with E-state index in [0.29, 0.717) is 23.5 Å². The average Bonchev–Trinajstić information content (AvgIpc) is 2.87. The van der Waals surface area contributed by atoms with E-state index < -0.39 is 0 Å². The van der Waals surface area contributed by atoms with Crippen LogP contribution >= 0.6 is 0 Å². The van der Waals surface area contributed by atoms with Crippen molar-refractivity contribution < 1.29 is 14.3 Å². The van der Waals surface area contributed by atoms with Crippen LogP contribution in [0.3, 0.4) is 0 Å². The first-order chi connectivity index (χ1) is 11.6. The van der Waals surface area contributed by atoms with E-state index in [1.54, 1.807) is 25.2 Å². The molecule has 6 heteroatoms. The van der Waals surface area contributed by atoms with E-state index in [0.717, 1.165) is 19.6 Å². The molecule has 0 aliphatic carbocycles. The number of nitrogens with zero attached hydrogens (tertiary/aromatic N) is 2. The quantitative estimate of drug-likeness (QED) is 0.911. The molecule has 2 aliphatic rings. The van der Waals surface area contributed by atoms with Crippen molar-refractivity contribution in [2.24, 2.45) is 0 Å². The molecule has 0 aromatic heterocycles. The minimum absolute atomic E-state index is 0.0465. The summed E-state index contributed by atoms with van der Waals surface area (Å²) in [5.74, 6) is 0.415. The second kappa shape index (κ2) is 7.66. The van der Waals surface area contributed by atoms with Gasteiger partial charge >= 0.3 is 0 Å². The Kier molecular flexibility index (Phi) is 5.35. The van der Waals surface area contributed by atoms with Crippen LogP contribution in [0.4, 0.5) is 5.69 Å². The van der Waals surface area contributed by atoms with Crippen LogP contribution in [-0.2, 0) is 4.79 Å². The van der Waals surface area contributed by atoms with Gasteiger partial charge in [-0.2, -0.15) is 0 Å². The number of amides is 2. The minimum atomic E-state index is -0.112. The lowest BCUT2D eigenvalue weighted by Crippen LogP contribution is -2.37. The molecule has 0 unspecified atom stereocenters. The molecule has 2 aliphatic heterocycles. The SMILES string of the molecule is CN1C(=O)COc2ccc(C(=O)NCCN3CCCCCC3)cc21. The van der Waals surface area contributed by atoms with Gasteiger partial charge in [0.2, 0.25) is 0 Å². The topological polar surface area (TPSA) is 61.9 Å². The van der Waals surface area contributed by atoms with Crippen LogP contribution in [0, 0.1) is 0 Å². The number of likely N-dealkylation sites (N-methyl/N-ethyl adjacent to an activating group) is 1. The maximum atomic E-state index is 12.4. The Labute approximate surface area is 142 Å². The zero-order valence-electron chi connectivity index (χ0n) is 14.2. The maximum absolute atomic E-state index is 12.4. The summed E-state index contributed by atoms with van der Waals surface area (Å²) in [7, 11) is 1.70. The van der Waals surface area contributed by atoms with Crippen molar-refractivity contribution in [2.45, 2.75) is 25.7 Å². The molecule has 1 aromatic carbocycles. The van der Waals surface area contributed by atoms with Gasteiger partial charge in [-0.1, -0.05) is 12.8 Å². The molecule has 0 spiro atoms. The highest BCUT2D eigenvalue weighted by molar-refractivity contribution is 6.00. The molecule has 1 aromatic rings. The van der Waals surface area contributed by atoms with Crippen molar-refractivity contribution >= 4 is 17.5 Å². The highest BCUT2D eigenvalue weighted by Crippen LogP contribution is 2.31. The highest BCUT2D eigenvalue weighted by atomic mass is 16.5. The predicted octanol–water partition coefficient (Wildman–Crippen LogP) is 1.65. The second-order valence-corrected chi connectivity index (χ2v) is 6.44. The van der Waals surface area contributed by atoms with Crippen LogP contribution in [0.25, 0.3) is 0 Å². The summed E-state index contributed by atoms with van der Waals surface area (Å²) < 4.78 is 5.38. The number of benzene rings is 1. The van der Waals surface area contributed by atoms with Gasteiger partial charge in [0, 0.05) is 25.7 Å². The van der Waals surface area contributed by atoms with E-state index in [1.807, 2.05) is 0 Å². The third-order valence-electron chi connectivity index (χ3n) is 4.72. The van der Waals surface area contributed by atoms with E-state index in [1.165, 1.54) is 30.6 Å². The van der Waals surface area contributed by atoms with Gasteiger partial charge < -0.3 is 19.9 Å². The molecule has 0 atom stereocenters. The number of hydrogen-bond donors (Lipinski definition) is 1. The number of hydrogen-bond acceptors (Lipinski definition) is 4. The summed E-state index contributed by atoms with van der Waals surface area (Å²) in [6.45, 7) is 3.82. The van der Waals surface area contributed by atoms with E-state index in [9.17, 15) is 9.59 Å². The predicted molar refractivity (Wildman–Crippen MR) is 92.6 cm³/mol. The van der Waals surface area contributed by atoms with Crippen LogP contribution in [0.15, 0.2) is 18.2 Å². The van der Waals surface area contributed by atoms with Crippen molar-refractivity contribution in [3.05, 3.63) is 23.8 Å². The van der Waals surface area contributed by atoms with Gasteiger partial charge in [-0.15, -0.1) is 0 Å². The van der Waals surface area contributed by atoms with E-state index in [-0.39, 0.29) is 18.4 Å². The number of likely N-dealkylation sites (tertiary alicyclic amines) is 1. The number of fused-ring (bicyclic) bond motifs is 1. The van der Waals surface area contributed by atoms with Gasteiger partial charge in [0.15, 0.2) is 6.61 Å².